The summed E-state index contributed by atoms with van der Waals surface area (Å²) >= 11 is 1.74. The van der Waals surface area contributed by atoms with E-state index in [-0.39, 0.29) is 0 Å². The molecule has 1 aliphatic heterocycles. The van der Waals surface area contributed by atoms with Gasteiger partial charge in [0.25, 0.3) is 0 Å². The van der Waals surface area contributed by atoms with E-state index in [0.29, 0.717) is 12.3 Å². The minimum absolute atomic E-state index is 0.310. The van der Waals surface area contributed by atoms with Gasteiger partial charge in [0.05, 0.1) is 5.01 Å². The molecule has 1 aromatic heterocycles. The van der Waals surface area contributed by atoms with E-state index in [1.807, 2.05) is 11.1 Å². The van der Waals surface area contributed by atoms with Crippen LogP contribution >= 0.6 is 11.3 Å². The van der Waals surface area contributed by atoms with Gasteiger partial charge in [0.1, 0.15) is 0 Å². The van der Waals surface area contributed by atoms with Gasteiger partial charge >= 0.3 is 0 Å². The number of rotatable bonds is 8. The fourth-order valence-corrected chi connectivity index (χ4v) is 3.66. The zero-order chi connectivity index (χ0) is 17.9. The molecule has 1 aromatic rings. The third-order valence-electron chi connectivity index (χ3n) is 4.17. The zero-order valence-electron chi connectivity index (χ0n) is 15.5. The molecule has 2 heterocycles. The molecule has 0 spiro atoms. The largest absolute Gasteiger partial charge is 0.357 e. The van der Waals surface area contributed by atoms with Gasteiger partial charge in [0, 0.05) is 56.6 Å². The van der Waals surface area contributed by atoms with Crippen molar-refractivity contribution in [2.45, 2.75) is 52.4 Å². The van der Waals surface area contributed by atoms with E-state index in [1.165, 1.54) is 11.3 Å². The van der Waals surface area contributed by atoms with Gasteiger partial charge in [0.2, 0.25) is 5.91 Å². The lowest BCUT2D eigenvalue weighted by Gasteiger charge is -2.20. The Morgan fingerprint density at radius 1 is 1.36 bits per heavy atom. The molecule has 1 fully saturated rings. The molecular formula is C18H31N5OS. The summed E-state index contributed by atoms with van der Waals surface area (Å²) in [6.45, 7) is 8.27. The first-order valence-corrected chi connectivity index (χ1v) is 10.2. The fraction of sp³-hybridized carbons (Fsp3) is 0.722. The second-order valence-electron chi connectivity index (χ2n) is 6.35. The van der Waals surface area contributed by atoms with Gasteiger partial charge < -0.3 is 15.5 Å². The molecule has 0 bridgehead atoms. The molecule has 1 amide bonds. The highest BCUT2D eigenvalue weighted by Crippen LogP contribution is 2.12. The van der Waals surface area contributed by atoms with Crippen molar-refractivity contribution in [1.82, 2.24) is 20.5 Å². The number of hydrogen-bond acceptors (Lipinski definition) is 4. The number of carbonyl (C=O) groups is 1. The van der Waals surface area contributed by atoms with Crippen molar-refractivity contribution in [2.75, 3.05) is 32.7 Å². The minimum Gasteiger partial charge on any atom is -0.357 e. The number of aromatic nitrogens is 1. The molecule has 1 aliphatic rings. The predicted octanol–water partition coefficient (Wildman–Crippen LogP) is 2.34. The van der Waals surface area contributed by atoms with Crippen LogP contribution in [-0.4, -0.2) is 54.5 Å². The molecule has 2 N–H and O–H groups in total. The van der Waals surface area contributed by atoms with Gasteiger partial charge in [-0.1, -0.05) is 6.42 Å². The van der Waals surface area contributed by atoms with Crippen LogP contribution in [0.1, 0.15) is 48.9 Å². The summed E-state index contributed by atoms with van der Waals surface area (Å²) < 4.78 is 0. The Kier molecular flexibility index (Phi) is 8.72. The van der Waals surface area contributed by atoms with Crippen LogP contribution in [0.4, 0.5) is 0 Å². The molecule has 0 radical (unpaired) electrons. The summed E-state index contributed by atoms with van der Waals surface area (Å²) in [5, 5.41) is 7.79. The summed E-state index contributed by atoms with van der Waals surface area (Å²) in [7, 11) is 0. The molecule has 25 heavy (non-hydrogen) atoms. The molecule has 6 nitrogen and oxygen atoms in total. The van der Waals surface area contributed by atoms with Crippen molar-refractivity contribution < 1.29 is 4.79 Å². The monoisotopic (exact) mass is 365 g/mol. The predicted molar refractivity (Wildman–Crippen MR) is 104 cm³/mol. The van der Waals surface area contributed by atoms with Crippen LogP contribution in [0.3, 0.4) is 0 Å². The van der Waals surface area contributed by atoms with Gasteiger partial charge in [-0.05, 0) is 33.1 Å². The minimum atomic E-state index is 0.310. The molecule has 2 rings (SSSR count). The Balaban J connectivity index is 1.69. The van der Waals surface area contributed by atoms with Gasteiger partial charge in [-0.3, -0.25) is 9.79 Å². The maximum atomic E-state index is 12.0. The van der Waals surface area contributed by atoms with Gasteiger partial charge in [-0.25, -0.2) is 4.98 Å². The number of nitrogens with zero attached hydrogens (tertiary/aromatic N) is 3. The fourth-order valence-electron chi connectivity index (χ4n) is 2.87. The van der Waals surface area contributed by atoms with Crippen LogP contribution < -0.4 is 10.6 Å². The maximum absolute atomic E-state index is 12.0. The highest BCUT2D eigenvalue weighted by atomic mass is 32.1. The average Bonchev–Trinajstić information content (AvgIpc) is 2.90. The Morgan fingerprint density at radius 3 is 3.00 bits per heavy atom. The summed E-state index contributed by atoms with van der Waals surface area (Å²) in [6, 6.07) is 0. The van der Waals surface area contributed by atoms with E-state index in [1.54, 1.807) is 11.3 Å². The van der Waals surface area contributed by atoms with Crippen molar-refractivity contribution in [3.05, 3.63) is 16.1 Å². The summed E-state index contributed by atoms with van der Waals surface area (Å²) in [6.07, 6.45) is 7.80. The first kappa shape index (κ1) is 19.7. The quantitative estimate of drug-likeness (QED) is 0.421. The lowest BCUT2D eigenvalue weighted by atomic mass is 10.2. The Hall–Kier alpha value is -1.63. The molecule has 1 saturated heterocycles. The number of aryl methyl sites for hydroxylation is 1. The molecular weight excluding hydrogens is 334 g/mol. The van der Waals surface area contributed by atoms with E-state index in [2.05, 4.69) is 34.5 Å². The number of thiazole rings is 1. The first-order valence-electron chi connectivity index (χ1n) is 9.40. The summed E-state index contributed by atoms with van der Waals surface area (Å²) in [4.78, 5) is 24.2. The van der Waals surface area contributed by atoms with E-state index < -0.39 is 0 Å². The third-order valence-corrected chi connectivity index (χ3v) is 5.14. The topological polar surface area (TPSA) is 69.6 Å². The number of amides is 1. The van der Waals surface area contributed by atoms with Crippen LogP contribution in [0.5, 0.6) is 0 Å². The molecule has 0 saturated carbocycles. The summed E-state index contributed by atoms with van der Waals surface area (Å²) in [5.41, 5.74) is 0. The van der Waals surface area contributed by atoms with Crippen LogP contribution in [0.2, 0.25) is 0 Å². The lowest BCUT2D eigenvalue weighted by molar-refractivity contribution is -0.130. The van der Waals surface area contributed by atoms with Gasteiger partial charge in [-0.15, -0.1) is 11.3 Å². The molecule has 0 atom stereocenters. The van der Waals surface area contributed by atoms with Crippen molar-refractivity contribution in [1.29, 1.82) is 0 Å². The van der Waals surface area contributed by atoms with Crippen molar-refractivity contribution in [3.63, 3.8) is 0 Å². The van der Waals surface area contributed by atoms with E-state index in [4.69, 9.17) is 0 Å². The Bertz CT molecular complexity index is 557. The molecule has 0 aromatic carbocycles. The van der Waals surface area contributed by atoms with Crippen molar-refractivity contribution in [2.24, 2.45) is 4.99 Å². The van der Waals surface area contributed by atoms with Crippen molar-refractivity contribution >= 4 is 23.2 Å². The second kappa shape index (κ2) is 11.1. The van der Waals surface area contributed by atoms with Gasteiger partial charge in [0.15, 0.2) is 5.96 Å². The third kappa shape index (κ3) is 7.42. The Labute approximate surface area is 155 Å². The standard InChI is InChI=1S/C18H31N5OS/c1-3-19-18(21-11-9-16-22-14-15(2)25-16)20-10-7-13-23-12-6-4-5-8-17(23)24/h14H,3-13H2,1-2H3,(H2,19,20,21). The molecule has 7 heteroatoms. The highest BCUT2D eigenvalue weighted by Gasteiger charge is 2.15. The maximum Gasteiger partial charge on any atom is 0.222 e. The number of carbonyl (C=O) groups excluding carboxylic acids is 1. The molecule has 0 aliphatic carbocycles. The number of aliphatic imine (C=N–C) groups is 1. The number of nitrogens with one attached hydrogen (secondary N) is 2. The highest BCUT2D eigenvalue weighted by molar-refractivity contribution is 7.11. The van der Waals surface area contributed by atoms with Crippen molar-refractivity contribution in [3.8, 4) is 0 Å². The lowest BCUT2D eigenvalue weighted by Crippen LogP contribution is -2.38. The molecule has 140 valence electrons. The SMILES string of the molecule is CCNC(=NCCCN1CCCCCC1=O)NCCc1ncc(C)s1. The van der Waals surface area contributed by atoms with Crippen LogP contribution in [0, 0.1) is 6.92 Å². The molecule has 0 unspecified atom stereocenters. The van der Waals surface area contributed by atoms with Crippen LogP contribution in [0.25, 0.3) is 0 Å². The van der Waals surface area contributed by atoms with Gasteiger partial charge in [-0.2, -0.15) is 0 Å². The van der Waals surface area contributed by atoms with Crippen LogP contribution in [-0.2, 0) is 11.2 Å². The second-order valence-corrected chi connectivity index (χ2v) is 7.67. The van der Waals surface area contributed by atoms with E-state index in [9.17, 15) is 4.79 Å². The number of hydrogen-bond donors (Lipinski definition) is 2. The first-order chi connectivity index (χ1) is 12.2. The van der Waals surface area contributed by atoms with E-state index >= 15 is 0 Å². The van der Waals surface area contributed by atoms with Crippen LogP contribution in [0.15, 0.2) is 11.2 Å². The zero-order valence-corrected chi connectivity index (χ0v) is 16.3. The average molecular weight is 366 g/mol. The number of guanidine groups is 1. The normalized spacial score (nSPS) is 16.0. The van der Waals surface area contributed by atoms with E-state index in [0.717, 1.165) is 69.4 Å². The smallest absolute Gasteiger partial charge is 0.222 e. The Morgan fingerprint density at radius 2 is 2.24 bits per heavy atom. The number of likely N-dealkylation sites (tertiary alicyclic amines) is 1. The summed E-state index contributed by atoms with van der Waals surface area (Å²) in [5.74, 6) is 1.16.